The van der Waals surface area contributed by atoms with Crippen molar-refractivity contribution in [3.8, 4) is 5.75 Å². The van der Waals surface area contributed by atoms with Gasteiger partial charge in [-0.15, -0.1) is 0 Å². The predicted molar refractivity (Wildman–Crippen MR) is 93.8 cm³/mol. The number of amides is 2. The molecule has 124 valence electrons. The van der Waals surface area contributed by atoms with Crippen LogP contribution in [0.3, 0.4) is 0 Å². The minimum absolute atomic E-state index is 0.0231. The molecule has 2 amide bonds. The molecule has 24 heavy (non-hydrogen) atoms. The molecule has 2 N–H and O–H groups in total. The van der Waals surface area contributed by atoms with Crippen molar-refractivity contribution >= 4 is 34.8 Å². The van der Waals surface area contributed by atoms with Gasteiger partial charge in [0.25, 0.3) is 5.91 Å². The van der Waals surface area contributed by atoms with E-state index in [1.807, 2.05) is 0 Å². The van der Waals surface area contributed by atoms with Gasteiger partial charge in [-0.3, -0.25) is 9.59 Å². The quantitative estimate of drug-likeness (QED) is 0.863. The second-order valence-electron chi connectivity index (χ2n) is 5.64. The highest BCUT2D eigenvalue weighted by molar-refractivity contribution is 6.31. The molecule has 0 radical (unpaired) electrons. The summed E-state index contributed by atoms with van der Waals surface area (Å²) < 4.78 is 5.19. The summed E-state index contributed by atoms with van der Waals surface area (Å²) in [5, 5.41) is 6.09. The van der Waals surface area contributed by atoms with Crippen molar-refractivity contribution in [2.45, 2.75) is 12.8 Å². The van der Waals surface area contributed by atoms with Gasteiger partial charge < -0.3 is 15.4 Å². The van der Waals surface area contributed by atoms with E-state index in [1.165, 1.54) is 7.11 Å². The summed E-state index contributed by atoms with van der Waals surface area (Å²) in [6.07, 6.45) is 1.88. The number of carbonyl (C=O) groups excluding carboxylic acids is 2. The minimum atomic E-state index is -0.333. The lowest BCUT2D eigenvalue weighted by atomic mass is 10.1. The molecular weight excluding hydrogens is 328 g/mol. The topological polar surface area (TPSA) is 67.4 Å². The van der Waals surface area contributed by atoms with Crippen molar-refractivity contribution in [1.82, 2.24) is 0 Å². The van der Waals surface area contributed by atoms with Crippen molar-refractivity contribution in [1.29, 1.82) is 0 Å². The molecule has 2 aromatic rings. The highest BCUT2D eigenvalue weighted by Crippen LogP contribution is 2.30. The SMILES string of the molecule is COc1ccc(Cl)cc1C(=O)Nc1cccc(NC(=O)C2CC2)c1. The Morgan fingerprint density at radius 2 is 1.79 bits per heavy atom. The Hall–Kier alpha value is -2.53. The van der Waals surface area contributed by atoms with Crippen molar-refractivity contribution in [3.63, 3.8) is 0 Å². The normalized spacial score (nSPS) is 13.2. The molecule has 0 aromatic heterocycles. The number of benzene rings is 2. The van der Waals surface area contributed by atoms with Crippen LogP contribution in [0, 0.1) is 5.92 Å². The summed E-state index contributed by atoms with van der Waals surface area (Å²) in [6, 6.07) is 11.9. The molecule has 0 bridgehead atoms. The zero-order valence-electron chi connectivity index (χ0n) is 13.1. The van der Waals surface area contributed by atoms with E-state index >= 15 is 0 Å². The van der Waals surface area contributed by atoms with E-state index in [4.69, 9.17) is 16.3 Å². The number of carbonyl (C=O) groups is 2. The maximum absolute atomic E-state index is 12.5. The number of nitrogens with one attached hydrogen (secondary N) is 2. The Morgan fingerprint density at radius 1 is 1.08 bits per heavy atom. The monoisotopic (exact) mass is 344 g/mol. The van der Waals surface area contributed by atoms with Crippen LogP contribution in [0.4, 0.5) is 11.4 Å². The summed E-state index contributed by atoms with van der Waals surface area (Å²) in [7, 11) is 1.49. The zero-order chi connectivity index (χ0) is 17.1. The maximum Gasteiger partial charge on any atom is 0.259 e. The fraction of sp³-hybridized carbons (Fsp3) is 0.222. The third-order valence-electron chi connectivity index (χ3n) is 3.74. The van der Waals surface area contributed by atoms with Crippen LogP contribution in [0.25, 0.3) is 0 Å². The van der Waals surface area contributed by atoms with Gasteiger partial charge in [-0.2, -0.15) is 0 Å². The Bertz CT molecular complexity index is 788. The van der Waals surface area contributed by atoms with Crippen LogP contribution in [-0.4, -0.2) is 18.9 Å². The molecule has 1 fully saturated rings. The van der Waals surface area contributed by atoms with Crippen molar-refractivity contribution in [2.24, 2.45) is 5.92 Å². The van der Waals surface area contributed by atoms with Crippen molar-refractivity contribution in [2.75, 3.05) is 17.7 Å². The van der Waals surface area contributed by atoms with Gasteiger partial charge in [0.2, 0.25) is 5.91 Å². The molecule has 1 aliphatic rings. The molecule has 3 rings (SSSR count). The summed E-state index contributed by atoms with van der Waals surface area (Å²) >= 11 is 5.96. The average molecular weight is 345 g/mol. The van der Waals surface area contributed by atoms with Crippen molar-refractivity contribution < 1.29 is 14.3 Å². The number of anilines is 2. The lowest BCUT2D eigenvalue weighted by Crippen LogP contribution is -2.15. The Morgan fingerprint density at radius 3 is 2.46 bits per heavy atom. The number of hydrogen-bond donors (Lipinski definition) is 2. The predicted octanol–water partition coefficient (Wildman–Crippen LogP) is 3.95. The summed E-state index contributed by atoms with van der Waals surface area (Å²) in [6.45, 7) is 0. The summed E-state index contributed by atoms with van der Waals surface area (Å²) in [4.78, 5) is 24.3. The van der Waals surface area contributed by atoms with Gasteiger partial charge in [-0.1, -0.05) is 17.7 Å². The van der Waals surface area contributed by atoms with E-state index in [0.717, 1.165) is 12.8 Å². The second-order valence-corrected chi connectivity index (χ2v) is 6.08. The highest BCUT2D eigenvalue weighted by Gasteiger charge is 2.29. The molecule has 2 aromatic carbocycles. The molecule has 1 aliphatic carbocycles. The van der Waals surface area contributed by atoms with Crippen LogP contribution < -0.4 is 15.4 Å². The number of ether oxygens (including phenoxy) is 1. The third kappa shape index (κ3) is 3.86. The van der Waals surface area contributed by atoms with Crippen LogP contribution in [0.1, 0.15) is 23.2 Å². The van der Waals surface area contributed by atoms with E-state index in [1.54, 1.807) is 42.5 Å². The maximum atomic E-state index is 12.5. The summed E-state index contributed by atoms with van der Waals surface area (Å²) in [5.74, 6) is 0.254. The lowest BCUT2D eigenvalue weighted by molar-refractivity contribution is -0.117. The van der Waals surface area contributed by atoms with Gasteiger partial charge in [0.1, 0.15) is 5.75 Å². The molecule has 0 heterocycles. The fourth-order valence-electron chi connectivity index (χ4n) is 2.32. The molecule has 0 unspecified atom stereocenters. The van der Waals surface area contributed by atoms with Gasteiger partial charge in [-0.05, 0) is 49.2 Å². The Labute approximate surface area is 145 Å². The van der Waals surface area contributed by atoms with Crippen molar-refractivity contribution in [3.05, 3.63) is 53.1 Å². The number of hydrogen-bond acceptors (Lipinski definition) is 3. The first-order chi connectivity index (χ1) is 11.6. The van der Waals surface area contributed by atoms with Crippen LogP contribution in [0.15, 0.2) is 42.5 Å². The molecule has 0 atom stereocenters. The fourth-order valence-corrected chi connectivity index (χ4v) is 2.49. The van der Waals surface area contributed by atoms with Gasteiger partial charge in [-0.25, -0.2) is 0 Å². The standard InChI is InChI=1S/C18H17ClN2O3/c1-24-16-8-7-12(19)9-15(16)18(23)21-14-4-2-3-13(10-14)20-17(22)11-5-6-11/h2-4,7-11H,5-6H2,1H3,(H,20,22)(H,21,23). The third-order valence-corrected chi connectivity index (χ3v) is 3.98. The van der Waals surface area contributed by atoms with Crippen LogP contribution in [-0.2, 0) is 4.79 Å². The largest absolute Gasteiger partial charge is 0.496 e. The van der Waals surface area contributed by atoms with E-state index in [2.05, 4.69) is 10.6 Å². The van der Waals surface area contributed by atoms with E-state index in [0.29, 0.717) is 27.7 Å². The Kier molecular flexibility index (Phi) is 4.71. The summed E-state index contributed by atoms with van der Waals surface area (Å²) in [5.41, 5.74) is 1.58. The molecule has 1 saturated carbocycles. The molecule has 6 heteroatoms. The zero-order valence-corrected chi connectivity index (χ0v) is 13.9. The van der Waals surface area contributed by atoms with Gasteiger partial charge in [0.05, 0.1) is 12.7 Å². The van der Waals surface area contributed by atoms with Crippen LogP contribution >= 0.6 is 11.6 Å². The smallest absolute Gasteiger partial charge is 0.259 e. The number of rotatable bonds is 5. The minimum Gasteiger partial charge on any atom is -0.496 e. The van der Waals surface area contributed by atoms with Gasteiger partial charge in [0.15, 0.2) is 0 Å². The average Bonchev–Trinajstić information content (AvgIpc) is 3.40. The second kappa shape index (κ2) is 6.93. The van der Waals surface area contributed by atoms with Crippen LogP contribution in [0.2, 0.25) is 5.02 Å². The first kappa shape index (κ1) is 16.3. The van der Waals surface area contributed by atoms with E-state index < -0.39 is 0 Å². The number of halogens is 1. The Balaban J connectivity index is 1.74. The molecule has 5 nitrogen and oxygen atoms in total. The van der Waals surface area contributed by atoms with Crippen LogP contribution in [0.5, 0.6) is 5.75 Å². The first-order valence-electron chi connectivity index (χ1n) is 7.62. The molecule has 0 saturated heterocycles. The van der Waals surface area contributed by atoms with Gasteiger partial charge in [0, 0.05) is 22.3 Å². The highest BCUT2D eigenvalue weighted by atomic mass is 35.5. The van der Waals surface area contributed by atoms with Gasteiger partial charge >= 0.3 is 0 Å². The van der Waals surface area contributed by atoms with E-state index in [-0.39, 0.29) is 17.7 Å². The number of methoxy groups -OCH3 is 1. The van der Waals surface area contributed by atoms with E-state index in [9.17, 15) is 9.59 Å². The first-order valence-corrected chi connectivity index (χ1v) is 8.00. The lowest BCUT2D eigenvalue weighted by Gasteiger charge is -2.11. The molecule has 0 spiro atoms. The molecular formula is C18H17ClN2O3. The molecule has 0 aliphatic heterocycles.